The number of halogens is 1. The number of nitriles is 1. The molecule has 3 aliphatic rings. The third-order valence-corrected chi connectivity index (χ3v) is 16.4. The van der Waals surface area contributed by atoms with Gasteiger partial charge in [0.1, 0.15) is 34.9 Å². The first kappa shape index (κ1) is 48.5. The van der Waals surface area contributed by atoms with Crippen molar-refractivity contribution in [2.24, 2.45) is 29.7 Å². The summed E-state index contributed by atoms with van der Waals surface area (Å²) in [5, 5.41) is 13.5. The molecule has 2 saturated heterocycles. The number of amides is 1. The van der Waals surface area contributed by atoms with E-state index in [1.807, 2.05) is 18.2 Å². The van der Waals surface area contributed by atoms with E-state index in [-0.39, 0.29) is 40.2 Å². The predicted octanol–water partition coefficient (Wildman–Crippen LogP) is 9.54. The highest BCUT2D eigenvalue weighted by Crippen LogP contribution is 2.55. The largest absolute Gasteiger partial charge is 0.489 e. The fraction of sp³-hybridized carbons (Fsp3) is 0.415. The van der Waals surface area contributed by atoms with Crippen LogP contribution in [0.5, 0.6) is 17.2 Å². The average Bonchev–Trinajstić information content (AvgIpc) is 3.85. The van der Waals surface area contributed by atoms with Crippen LogP contribution < -0.4 is 34.9 Å². The van der Waals surface area contributed by atoms with E-state index < -0.39 is 10.0 Å². The summed E-state index contributed by atoms with van der Waals surface area (Å²) in [5.74, 6) is 3.39. The van der Waals surface area contributed by atoms with Gasteiger partial charge in [-0.25, -0.2) is 18.4 Å². The van der Waals surface area contributed by atoms with Gasteiger partial charge in [-0.3, -0.25) is 14.3 Å². The molecule has 0 atom stereocenters. The van der Waals surface area contributed by atoms with Gasteiger partial charge in [-0.15, -0.1) is 0 Å². The number of hydrogen-bond donors (Lipinski definition) is 3. The number of fused-ring (bicyclic) bond motifs is 1. The number of ether oxygens (including phenoxy) is 2. The van der Waals surface area contributed by atoms with Crippen molar-refractivity contribution in [3.8, 4) is 34.4 Å². The molecule has 3 N–H and O–H groups in total. The molecule has 3 aromatic carbocycles. The van der Waals surface area contributed by atoms with Gasteiger partial charge in [-0.1, -0.05) is 45.4 Å². The van der Waals surface area contributed by atoms with Crippen LogP contribution in [0, 0.1) is 34.0 Å². The fourth-order valence-corrected chi connectivity index (χ4v) is 12.0. The van der Waals surface area contributed by atoms with Gasteiger partial charge in [0.2, 0.25) is 16.0 Å². The Morgan fingerprint density at radius 3 is 2.24 bits per heavy atom. The third-order valence-electron chi connectivity index (χ3n) is 14.7. The lowest BCUT2D eigenvalue weighted by atomic mass is 9.49. The van der Waals surface area contributed by atoms with E-state index in [2.05, 4.69) is 80.7 Å². The molecular formula is C53H60ClN9O6S. The maximum absolute atomic E-state index is 13.5. The lowest BCUT2D eigenvalue weighted by Gasteiger charge is -2.63. The molecule has 1 amide bonds. The van der Waals surface area contributed by atoms with Crippen molar-refractivity contribution in [2.45, 2.75) is 78.9 Å². The number of aromatic amines is 1. The van der Waals surface area contributed by atoms with Gasteiger partial charge in [0, 0.05) is 115 Å². The maximum atomic E-state index is 13.5. The normalized spacial score (nSPS) is 19.3. The third kappa shape index (κ3) is 9.78. The van der Waals surface area contributed by atoms with Crippen molar-refractivity contribution in [1.29, 1.82) is 5.26 Å². The van der Waals surface area contributed by atoms with Gasteiger partial charge in [0.05, 0.1) is 21.9 Å². The summed E-state index contributed by atoms with van der Waals surface area (Å²) in [4.78, 5) is 43.4. The number of hydrogen-bond acceptors (Lipinski definition) is 11. The molecule has 3 aromatic heterocycles. The monoisotopic (exact) mass is 985 g/mol. The molecule has 6 aromatic rings. The summed E-state index contributed by atoms with van der Waals surface area (Å²) in [5.41, 5.74) is 3.18. The number of nitrogens with one attached hydrogen (secondary N) is 3. The van der Waals surface area contributed by atoms with Crippen LogP contribution in [0.1, 0.15) is 82.6 Å². The van der Waals surface area contributed by atoms with E-state index in [9.17, 15) is 23.3 Å². The Balaban J connectivity index is 0.766. The van der Waals surface area contributed by atoms with Crippen molar-refractivity contribution >= 4 is 55.8 Å². The Bertz CT molecular complexity index is 3110. The van der Waals surface area contributed by atoms with Crippen molar-refractivity contribution in [1.82, 2.24) is 24.8 Å². The molecule has 15 nitrogen and oxygen atoms in total. The van der Waals surface area contributed by atoms with E-state index >= 15 is 0 Å². The van der Waals surface area contributed by atoms with E-state index in [4.69, 9.17) is 21.1 Å². The van der Waals surface area contributed by atoms with Crippen LogP contribution in [0.3, 0.4) is 0 Å². The minimum absolute atomic E-state index is 0.0665. The molecule has 2 aliphatic heterocycles. The fourth-order valence-electron chi connectivity index (χ4n) is 11.2. The van der Waals surface area contributed by atoms with Gasteiger partial charge in [-0.05, 0) is 99.4 Å². The topological polar surface area (TPSA) is 188 Å². The van der Waals surface area contributed by atoms with Crippen LogP contribution >= 0.6 is 11.6 Å². The Hall–Kier alpha value is -6.57. The van der Waals surface area contributed by atoms with Crippen LogP contribution in [0.4, 0.5) is 17.3 Å². The summed E-state index contributed by atoms with van der Waals surface area (Å²) in [6.07, 6.45) is 12.0. The molecule has 9 rings (SSSR count). The average molecular weight is 987 g/mol. The molecule has 3 fully saturated rings. The number of aromatic nitrogens is 4. The molecule has 1 saturated carbocycles. The van der Waals surface area contributed by atoms with Crippen molar-refractivity contribution in [2.75, 3.05) is 46.5 Å². The van der Waals surface area contributed by atoms with E-state index in [1.165, 1.54) is 11.0 Å². The minimum atomic E-state index is -3.54. The van der Waals surface area contributed by atoms with Gasteiger partial charge in [-0.2, -0.15) is 5.26 Å². The zero-order valence-electron chi connectivity index (χ0n) is 40.5. The first-order valence-electron chi connectivity index (χ1n) is 24.0. The summed E-state index contributed by atoms with van der Waals surface area (Å²) >= 11 is 6.27. The first-order chi connectivity index (χ1) is 33.4. The molecular weight excluding hydrogens is 926 g/mol. The first-order valence-corrected chi connectivity index (χ1v) is 26.1. The second-order valence-corrected chi connectivity index (χ2v) is 22.6. The van der Waals surface area contributed by atoms with E-state index in [1.54, 1.807) is 75.2 Å². The number of piperidine rings is 2. The van der Waals surface area contributed by atoms with Gasteiger partial charge in [0.15, 0.2) is 0 Å². The summed E-state index contributed by atoms with van der Waals surface area (Å²) in [7, 11) is -1.84. The molecule has 1 aliphatic carbocycles. The highest BCUT2D eigenvalue weighted by atomic mass is 35.5. The standard InChI is InChI=1S/C53H60ClN9O6S/c1-7-70(66,67)60-37-12-14-45(42(26-37)43-32-61(6)48(65)46-41(43)15-20-56-46)68-39-10-8-9-38(27-39)62-21-16-33(17-22-62)25-34-18-23-63(24-19-34)51-57-30-36(31-58-51)47(64)59-49-52(2,3)50(53(49,4)5)69-40-13-11-35(29-55)44(54)28-40/h8-15,20,26-28,30-34,49-50,56,60H,7,16-19,21-25H2,1-6H3,(H,59,64). The molecule has 366 valence electrons. The Labute approximate surface area is 414 Å². The van der Waals surface area contributed by atoms with E-state index in [0.717, 1.165) is 63.1 Å². The number of pyridine rings is 1. The molecule has 0 unspecified atom stereocenters. The summed E-state index contributed by atoms with van der Waals surface area (Å²) in [6, 6.07) is 22.1. The number of aryl methyl sites for hydroxylation is 1. The predicted molar refractivity (Wildman–Crippen MR) is 274 cm³/mol. The van der Waals surface area contributed by atoms with Crippen LogP contribution in [-0.2, 0) is 17.1 Å². The second-order valence-electron chi connectivity index (χ2n) is 20.2. The van der Waals surface area contributed by atoms with Crippen LogP contribution in [0.25, 0.3) is 22.0 Å². The summed E-state index contributed by atoms with van der Waals surface area (Å²) in [6.45, 7) is 13.5. The van der Waals surface area contributed by atoms with Gasteiger partial charge >= 0.3 is 0 Å². The number of sulfonamides is 1. The Kier molecular flexibility index (Phi) is 13.4. The SMILES string of the molecule is CCS(=O)(=O)Nc1ccc(Oc2cccc(N3CCC(CC4CCN(c5ncc(C(=O)NC6C(C)(C)C(Oc7ccc(C#N)c(Cl)c7)C6(C)C)cn5)CC4)CC3)c2)c(-c2cn(C)c(=O)c3[nH]ccc23)c1. The number of benzene rings is 3. The number of anilines is 3. The van der Waals surface area contributed by atoms with Crippen molar-refractivity contribution in [3.05, 3.63) is 118 Å². The molecule has 0 bridgehead atoms. The number of carbonyl (C=O) groups excluding carboxylic acids is 1. The van der Waals surface area contributed by atoms with Crippen molar-refractivity contribution < 1.29 is 22.7 Å². The molecule has 70 heavy (non-hydrogen) atoms. The van der Waals surface area contributed by atoms with Crippen LogP contribution in [0.15, 0.2) is 96.3 Å². The lowest BCUT2D eigenvalue weighted by molar-refractivity contribution is -0.164. The number of nitrogens with zero attached hydrogens (tertiary/aromatic N) is 6. The van der Waals surface area contributed by atoms with Crippen LogP contribution in [-0.4, -0.2) is 77.9 Å². The molecule has 17 heteroatoms. The van der Waals surface area contributed by atoms with Crippen molar-refractivity contribution in [3.63, 3.8) is 0 Å². The number of carbonyl (C=O) groups is 1. The zero-order chi connectivity index (χ0) is 49.5. The quantitative estimate of drug-likeness (QED) is 0.0943. The lowest BCUT2D eigenvalue weighted by Crippen LogP contribution is -2.74. The van der Waals surface area contributed by atoms with E-state index in [0.29, 0.717) is 73.3 Å². The Morgan fingerprint density at radius 1 is 0.900 bits per heavy atom. The minimum Gasteiger partial charge on any atom is -0.489 e. The molecule has 0 spiro atoms. The number of rotatable bonds is 14. The summed E-state index contributed by atoms with van der Waals surface area (Å²) < 4.78 is 42.2. The maximum Gasteiger partial charge on any atom is 0.274 e. The second kappa shape index (κ2) is 19.3. The highest BCUT2D eigenvalue weighted by Gasteiger charge is 2.64. The zero-order valence-corrected chi connectivity index (χ0v) is 42.0. The smallest absolute Gasteiger partial charge is 0.274 e. The van der Waals surface area contributed by atoms with Gasteiger partial charge in [0.25, 0.3) is 11.5 Å². The number of H-pyrrole nitrogens is 1. The van der Waals surface area contributed by atoms with Crippen LogP contribution in [0.2, 0.25) is 5.02 Å². The highest BCUT2D eigenvalue weighted by molar-refractivity contribution is 7.92. The molecule has 5 heterocycles. The Morgan fingerprint density at radius 2 is 1.59 bits per heavy atom. The molecule has 0 radical (unpaired) electrons. The van der Waals surface area contributed by atoms with Gasteiger partial charge < -0.3 is 34.1 Å².